The molecule has 1 atom stereocenters. The maximum absolute atomic E-state index is 12.1. The minimum atomic E-state index is -0.00909. The van der Waals surface area contributed by atoms with Gasteiger partial charge in [0.15, 0.2) is 5.96 Å². The number of hydrogen-bond acceptors (Lipinski definition) is 4. The van der Waals surface area contributed by atoms with E-state index < -0.39 is 0 Å². The van der Waals surface area contributed by atoms with Crippen molar-refractivity contribution in [2.24, 2.45) is 4.99 Å². The Kier molecular flexibility index (Phi) is 7.29. The molecule has 0 bridgehead atoms. The van der Waals surface area contributed by atoms with Gasteiger partial charge in [0.25, 0.3) is 5.91 Å². The van der Waals surface area contributed by atoms with Crippen LogP contribution in [0, 0.1) is 0 Å². The largest absolute Gasteiger partial charge is 0.493 e. The van der Waals surface area contributed by atoms with Crippen molar-refractivity contribution in [3.8, 4) is 5.75 Å². The van der Waals surface area contributed by atoms with Crippen LogP contribution in [0.5, 0.6) is 5.75 Å². The Morgan fingerprint density at radius 1 is 1.09 bits per heavy atom. The van der Waals surface area contributed by atoms with Crippen LogP contribution in [0.15, 0.2) is 76.3 Å². The van der Waals surface area contributed by atoms with Crippen molar-refractivity contribution < 1.29 is 13.9 Å². The molecule has 1 unspecified atom stereocenters. The Hall–Kier alpha value is -3.74. The van der Waals surface area contributed by atoms with Gasteiger partial charge in [-0.2, -0.15) is 0 Å². The van der Waals surface area contributed by atoms with E-state index in [0.29, 0.717) is 25.3 Å². The molecule has 1 aliphatic heterocycles. The summed E-state index contributed by atoms with van der Waals surface area (Å²) in [5.41, 5.74) is 2.84. The molecule has 7 nitrogen and oxygen atoms in total. The lowest BCUT2D eigenvalue weighted by molar-refractivity contribution is 0.0827. The van der Waals surface area contributed by atoms with Gasteiger partial charge in [-0.25, -0.2) is 4.99 Å². The molecule has 2 heterocycles. The number of fused-ring (bicyclic) bond motifs is 1. The number of benzene rings is 2. The Morgan fingerprint density at radius 2 is 1.91 bits per heavy atom. The molecular weight excluding hydrogens is 416 g/mol. The summed E-state index contributed by atoms with van der Waals surface area (Å²) in [5, 5.41) is 7.00. The zero-order valence-corrected chi connectivity index (χ0v) is 19.1. The first-order valence-electron chi connectivity index (χ1n) is 11.2. The van der Waals surface area contributed by atoms with Gasteiger partial charge in [-0.1, -0.05) is 30.3 Å². The van der Waals surface area contributed by atoms with E-state index in [1.54, 1.807) is 25.3 Å². The monoisotopic (exact) mass is 446 g/mol. The highest BCUT2D eigenvalue weighted by molar-refractivity contribution is 5.93. The van der Waals surface area contributed by atoms with E-state index >= 15 is 0 Å². The molecule has 0 saturated carbocycles. The van der Waals surface area contributed by atoms with Crippen LogP contribution in [0.1, 0.15) is 39.7 Å². The number of furan rings is 1. The molecule has 3 aromatic rings. The summed E-state index contributed by atoms with van der Waals surface area (Å²) in [4.78, 5) is 18.5. The summed E-state index contributed by atoms with van der Waals surface area (Å²) in [6.07, 6.45) is 3.31. The van der Waals surface area contributed by atoms with Gasteiger partial charge in [0.1, 0.15) is 11.5 Å². The third-order valence-electron chi connectivity index (χ3n) is 5.54. The van der Waals surface area contributed by atoms with E-state index in [9.17, 15) is 4.79 Å². The molecule has 0 radical (unpaired) electrons. The van der Waals surface area contributed by atoms with Gasteiger partial charge in [0.2, 0.25) is 0 Å². The number of nitrogens with one attached hydrogen (secondary N) is 2. The molecule has 0 saturated heterocycles. The highest BCUT2D eigenvalue weighted by atomic mass is 16.5. The fourth-order valence-electron chi connectivity index (χ4n) is 3.75. The summed E-state index contributed by atoms with van der Waals surface area (Å²) in [5.74, 6) is 2.57. The minimum absolute atomic E-state index is 0.00909. The van der Waals surface area contributed by atoms with Crippen LogP contribution < -0.4 is 15.4 Å². The van der Waals surface area contributed by atoms with Gasteiger partial charge >= 0.3 is 0 Å². The van der Waals surface area contributed by atoms with Crippen molar-refractivity contribution in [3.63, 3.8) is 0 Å². The average molecular weight is 447 g/mol. The zero-order valence-electron chi connectivity index (χ0n) is 19.1. The number of ether oxygens (including phenoxy) is 1. The van der Waals surface area contributed by atoms with Gasteiger partial charge in [-0.3, -0.25) is 4.79 Å². The highest BCUT2D eigenvalue weighted by Crippen LogP contribution is 2.31. The zero-order chi connectivity index (χ0) is 23.0. The number of carbonyl (C=O) groups excluding carboxylic acids is 1. The first-order chi connectivity index (χ1) is 16.1. The van der Waals surface area contributed by atoms with Gasteiger partial charge < -0.3 is 24.7 Å². The number of rotatable bonds is 7. The summed E-state index contributed by atoms with van der Waals surface area (Å²) in [6.45, 7) is 1.85. The summed E-state index contributed by atoms with van der Waals surface area (Å²) < 4.78 is 11.2. The second-order valence-electron chi connectivity index (χ2n) is 8.19. The number of carbonyl (C=O) groups is 1. The topological polar surface area (TPSA) is 79.1 Å². The third kappa shape index (κ3) is 5.94. The van der Waals surface area contributed by atoms with Crippen LogP contribution in [0.3, 0.4) is 0 Å². The molecule has 0 fully saturated rings. The first-order valence-corrected chi connectivity index (χ1v) is 11.2. The molecule has 33 heavy (non-hydrogen) atoms. The van der Waals surface area contributed by atoms with E-state index in [2.05, 4.69) is 16.7 Å². The van der Waals surface area contributed by atoms with Crippen molar-refractivity contribution in [1.29, 1.82) is 0 Å². The molecule has 1 amide bonds. The number of nitrogens with zero attached hydrogens (tertiary/aromatic N) is 2. The molecule has 4 rings (SSSR count). The Bertz CT molecular complexity index is 1080. The van der Waals surface area contributed by atoms with Crippen LogP contribution >= 0.6 is 0 Å². The van der Waals surface area contributed by atoms with Crippen LogP contribution in [-0.4, -0.2) is 44.0 Å². The summed E-state index contributed by atoms with van der Waals surface area (Å²) in [6, 6.07) is 19.7. The molecular formula is C26H30N4O3. The molecule has 0 spiro atoms. The van der Waals surface area contributed by atoms with Gasteiger partial charge in [-0.15, -0.1) is 0 Å². The molecule has 1 aliphatic rings. The quantitative estimate of drug-likeness (QED) is 0.427. The van der Waals surface area contributed by atoms with Crippen LogP contribution in [-0.2, 0) is 13.0 Å². The standard InChI is InChI=1S/C26H30N4O3/c1-30(2)25(31)20-11-9-19(10-12-20)18-28-26(27-15-13-21-6-5-16-32-21)29-23-14-17-33-24-8-4-3-7-22(23)24/h3-12,16,23H,13-15,17-18H2,1-2H3,(H2,27,28,29). The minimum Gasteiger partial charge on any atom is -0.493 e. The third-order valence-corrected chi connectivity index (χ3v) is 5.54. The SMILES string of the molecule is CN(C)C(=O)c1ccc(CN=C(NCCc2ccco2)NC2CCOc3ccccc32)cc1. The predicted molar refractivity (Wildman–Crippen MR) is 128 cm³/mol. The molecule has 7 heteroatoms. The van der Waals surface area contributed by atoms with E-state index in [1.165, 1.54) is 0 Å². The van der Waals surface area contributed by atoms with Crippen LogP contribution in [0.25, 0.3) is 0 Å². The van der Waals surface area contributed by atoms with Crippen molar-refractivity contribution >= 4 is 11.9 Å². The van der Waals surface area contributed by atoms with Crippen LogP contribution in [0.2, 0.25) is 0 Å². The first kappa shape index (κ1) is 22.5. The van der Waals surface area contributed by atoms with Crippen molar-refractivity contribution in [1.82, 2.24) is 15.5 Å². The van der Waals surface area contributed by atoms with Crippen LogP contribution in [0.4, 0.5) is 0 Å². The second kappa shape index (κ2) is 10.7. The van der Waals surface area contributed by atoms with Gasteiger partial charge in [0, 0.05) is 44.6 Å². The van der Waals surface area contributed by atoms with Crippen molar-refractivity contribution in [2.75, 3.05) is 27.2 Å². The summed E-state index contributed by atoms with van der Waals surface area (Å²) >= 11 is 0. The lowest BCUT2D eigenvalue weighted by Gasteiger charge is -2.28. The molecule has 0 aliphatic carbocycles. The summed E-state index contributed by atoms with van der Waals surface area (Å²) in [7, 11) is 3.50. The Morgan fingerprint density at radius 3 is 2.67 bits per heavy atom. The fourth-order valence-corrected chi connectivity index (χ4v) is 3.75. The van der Waals surface area contributed by atoms with E-state index in [4.69, 9.17) is 14.1 Å². The van der Waals surface area contributed by atoms with E-state index in [1.807, 2.05) is 54.6 Å². The lowest BCUT2D eigenvalue weighted by Crippen LogP contribution is -2.41. The predicted octanol–water partition coefficient (Wildman–Crippen LogP) is 3.78. The van der Waals surface area contributed by atoms with E-state index in [-0.39, 0.29) is 11.9 Å². The second-order valence-corrected chi connectivity index (χ2v) is 8.19. The van der Waals surface area contributed by atoms with Crippen molar-refractivity contribution in [3.05, 3.63) is 89.4 Å². The average Bonchev–Trinajstić information content (AvgIpc) is 3.36. The number of para-hydroxylation sites is 1. The van der Waals surface area contributed by atoms with Crippen molar-refractivity contribution in [2.45, 2.75) is 25.4 Å². The van der Waals surface area contributed by atoms with Gasteiger partial charge in [0.05, 0.1) is 25.5 Å². The van der Waals surface area contributed by atoms with E-state index in [0.717, 1.165) is 41.4 Å². The Balaban J connectivity index is 1.46. The molecule has 1 aromatic heterocycles. The number of hydrogen-bond donors (Lipinski definition) is 2. The maximum atomic E-state index is 12.1. The molecule has 2 N–H and O–H groups in total. The Labute approximate surface area is 194 Å². The number of guanidine groups is 1. The normalized spacial score (nSPS) is 15.3. The van der Waals surface area contributed by atoms with Gasteiger partial charge in [-0.05, 0) is 35.9 Å². The highest BCUT2D eigenvalue weighted by Gasteiger charge is 2.22. The number of amides is 1. The fraction of sp³-hybridized carbons (Fsp3) is 0.308. The maximum Gasteiger partial charge on any atom is 0.253 e. The molecule has 172 valence electrons. The number of aliphatic imine (C=N–C) groups is 1. The smallest absolute Gasteiger partial charge is 0.253 e. The lowest BCUT2D eigenvalue weighted by atomic mass is 10.0. The molecule has 2 aromatic carbocycles.